The van der Waals surface area contributed by atoms with Crippen molar-refractivity contribution in [2.24, 2.45) is 0 Å². The minimum Gasteiger partial charge on any atom is -0.393 e. The molecule has 0 radical (unpaired) electrons. The monoisotopic (exact) mass is 505 g/mol. The smallest absolute Gasteiger partial charge is 0.0540 e. The van der Waals surface area contributed by atoms with Crippen LogP contribution in [0.25, 0.3) is 0 Å². The molecule has 0 aromatic heterocycles. The lowest BCUT2D eigenvalue weighted by Crippen LogP contribution is -2.05. The van der Waals surface area contributed by atoms with Gasteiger partial charge in [-0.1, -0.05) is 154 Å². The zero-order valence-corrected chi connectivity index (χ0v) is 25.1. The topological polar surface area (TPSA) is 20.2 Å². The van der Waals surface area contributed by atoms with Crippen molar-refractivity contribution in [1.29, 1.82) is 0 Å². The summed E-state index contributed by atoms with van der Waals surface area (Å²) in [4.78, 5) is 0. The van der Waals surface area contributed by atoms with Gasteiger partial charge in [0.05, 0.1) is 6.10 Å². The Balaban J connectivity index is 3.22. The first-order valence-corrected chi connectivity index (χ1v) is 16.8. The zero-order valence-electron chi connectivity index (χ0n) is 25.1. The van der Waals surface area contributed by atoms with E-state index in [0.717, 1.165) is 12.8 Å². The molecule has 0 aliphatic heterocycles. The van der Waals surface area contributed by atoms with Gasteiger partial charge in [-0.05, 0) is 64.2 Å². The molecule has 214 valence electrons. The van der Waals surface area contributed by atoms with E-state index >= 15 is 0 Å². The van der Waals surface area contributed by atoms with Gasteiger partial charge in [0.2, 0.25) is 0 Å². The molecule has 1 nitrogen and oxygen atoms in total. The van der Waals surface area contributed by atoms with Crippen molar-refractivity contribution in [3.63, 3.8) is 0 Å². The van der Waals surface area contributed by atoms with E-state index in [-0.39, 0.29) is 6.10 Å². The fourth-order valence-electron chi connectivity index (χ4n) is 5.05. The molecule has 0 bridgehead atoms. The van der Waals surface area contributed by atoms with Gasteiger partial charge in [0.25, 0.3) is 0 Å². The van der Waals surface area contributed by atoms with Crippen LogP contribution < -0.4 is 0 Å². The quantitative estimate of drug-likeness (QED) is 0.0761. The van der Waals surface area contributed by atoms with Gasteiger partial charge >= 0.3 is 0 Å². The highest BCUT2D eigenvalue weighted by molar-refractivity contribution is 4.82. The van der Waals surface area contributed by atoms with Gasteiger partial charge in [-0.2, -0.15) is 0 Å². The average Bonchev–Trinajstić information content (AvgIpc) is 2.88. The normalized spacial score (nSPS) is 12.1. The first-order chi connectivity index (χ1) is 17.8. The second kappa shape index (κ2) is 32.5. The van der Waals surface area contributed by atoms with Crippen LogP contribution in [0.1, 0.15) is 194 Å². The van der Waals surface area contributed by atoms with Crippen molar-refractivity contribution in [3.8, 4) is 0 Å². The summed E-state index contributed by atoms with van der Waals surface area (Å²) in [7, 11) is 0. The summed E-state index contributed by atoms with van der Waals surface area (Å²) in [5.41, 5.74) is 0. The highest BCUT2D eigenvalue weighted by Crippen LogP contribution is 2.15. The number of unbranched alkanes of at least 4 members (excludes halogenated alkanes) is 22. The van der Waals surface area contributed by atoms with E-state index in [1.165, 1.54) is 167 Å². The summed E-state index contributed by atoms with van der Waals surface area (Å²) >= 11 is 0. The Kier molecular flexibility index (Phi) is 32.0. The summed E-state index contributed by atoms with van der Waals surface area (Å²) in [5, 5.41) is 10.2. The standard InChI is InChI=1S/C35H68O/c1-3-5-7-9-11-13-15-17-19-21-23-25-27-29-31-33-35(36)34-32-30-28-26-24-22-20-18-16-14-12-10-8-6-4-2/h15-18,35-36H,3-14,19-34H2,1-2H3/b17-15-,18-16-. The number of aliphatic hydroxyl groups is 1. The molecule has 0 spiro atoms. The minimum atomic E-state index is -0.0516. The second-order valence-corrected chi connectivity index (χ2v) is 11.4. The van der Waals surface area contributed by atoms with Gasteiger partial charge < -0.3 is 5.11 Å². The second-order valence-electron chi connectivity index (χ2n) is 11.4. The molecule has 36 heavy (non-hydrogen) atoms. The molecule has 0 fully saturated rings. The molecule has 0 aromatic carbocycles. The summed E-state index contributed by atoms with van der Waals surface area (Å²) in [5.74, 6) is 0. The Morgan fingerprint density at radius 2 is 0.611 bits per heavy atom. The maximum Gasteiger partial charge on any atom is 0.0540 e. The third kappa shape index (κ3) is 31.5. The highest BCUT2D eigenvalue weighted by atomic mass is 16.3. The van der Waals surface area contributed by atoms with E-state index in [9.17, 15) is 5.11 Å². The first kappa shape index (κ1) is 35.4. The predicted octanol–water partition coefficient (Wildman–Crippen LogP) is 12.4. The predicted molar refractivity (Wildman–Crippen MR) is 165 cm³/mol. The average molecular weight is 505 g/mol. The molecular weight excluding hydrogens is 436 g/mol. The molecule has 0 saturated heterocycles. The van der Waals surface area contributed by atoms with Crippen LogP contribution in [0.5, 0.6) is 0 Å². The minimum absolute atomic E-state index is 0.0516. The summed E-state index contributed by atoms with van der Waals surface area (Å²) in [6.07, 6.45) is 46.5. The van der Waals surface area contributed by atoms with Gasteiger partial charge in [-0.25, -0.2) is 0 Å². The Labute approximate surface area is 229 Å². The molecule has 0 amide bonds. The summed E-state index contributed by atoms with van der Waals surface area (Å²) in [6, 6.07) is 0. The molecule has 0 unspecified atom stereocenters. The lowest BCUT2D eigenvalue weighted by Gasteiger charge is -2.10. The molecule has 0 heterocycles. The van der Waals surface area contributed by atoms with Crippen molar-refractivity contribution < 1.29 is 5.11 Å². The molecule has 0 aromatic rings. The third-order valence-corrected chi connectivity index (χ3v) is 7.60. The maximum absolute atomic E-state index is 10.2. The van der Waals surface area contributed by atoms with E-state index in [0.29, 0.717) is 0 Å². The lowest BCUT2D eigenvalue weighted by atomic mass is 10.0. The molecule has 1 N–H and O–H groups in total. The van der Waals surface area contributed by atoms with Gasteiger partial charge in [0, 0.05) is 0 Å². The third-order valence-electron chi connectivity index (χ3n) is 7.60. The van der Waals surface area contributed by atoms with E-state index in [1.54, 1.807) is 0 Å². The number of rotatable bonds is 30. The van der Waals surface area contributed by atoms with Gasteiger partial charge in [0.15, 0.2) is 0 Å². The number of hydrogen-bond donors (Lipinski definition) is 1. The van der Waals surface area contributed by atoms with Crippen molar-refractivity contribution in [1.82, 2.24) is 0 Å². The maximum atomic E-state index is 10.2. The van der Waals surface area contributed by atoms with Gasteiger partial charge in [-0.15, -0.1) is 0 Å². The van der Waals surface area contributed by atoms with Crippen LogP contribution in [0.15, 0.2) is 24.3 Å². The SMILES string of the molecule is CCCCCCC/C=C\CCCCCCCCC(O)CCCCCCCC/C=C\CCCCCCC. The van der Waals surface area contributed by atoms with Crippen LogP contribution in [-0.2, 0) is 0 Å². The Bertz CT molecular complexity index is 398. The fraction of sp³-hybridized carbons (Fsp3) is 0.886. The Hall–Kier alpha value is -0.560. The van der Waals surface area contributed by atoms with Gasteiger partial charge in [-0.3, -0.25) is 0 Å². The van der Waals surface area contributed by atoms with Crippen LogP contribution in [0.3, 0.4) is 0 Å². The van der Waals surface area contributed by atoms with E-state index in [1.807, 2.05) is 0 Å². The first-order valence-electron chi connectivity index (χ1n) is 16.8. The molecule has 0 saturated carbocycles. The number of allylic oxidation sites excluding steroid dienone is 4. The van der Waals surface area contributed by atoms with E-state index in [4.69, 9.17) is 0 Å². The van der Waals surface area contributed by atoms with Crippen molar-refractivity contribution in [2.45, 2.75) is 200 Å². The molecular formula is C35H68O. The Morgan fingerprint density at radius 1 is 0.361 bits per heavy atom. The molecule has 0 rings (SSSR count). The van der Waals surface area contributed by atoms with E-state index < -0.39 is 0 Å². The largest absolute Gasteiger partial charge is 0.393 e. The van der Waals surface area contributed by atoms with Crippen LogP contribution >= 0.6 is 0 Å². The van der Waals surface area contributed by atoms with E-state index in [2.05, 4.69) is 38.2 Å². The summed E-state index contributed by atoms with van der Waals surface area (Å²) < 4.78 is 0. The molecule has 0 aliphatic carbocycles. The van der Waals surface area contributed by atoms with Crippen LogP contribution in [0.2, 0.25) is 0 Å². The summed E-state index contributed by atoms with van der Waals surface area (Å²) in [6.45, 7) is 4.56. The van der Waals surface area contributed by atoms with Crippen LogP contribution in [0.4, 0.5) is 0 Å². The van der Waals surface area contributed by atoms with Crippen LogP contribution in [-0.4, -0.2) is 11.2 Å². The zero-order chi connectivity index (χ0) is 26.2. The highest BCUT2D eigenvalue weighted by Gasteiger charge is 2.03. The number of aliphatic hydroxyl groups excluding tert-OH is 1. The van der Waals surface area contributed by atoms with Crippen molar-refractivity contribution in [2.75, 3.05) is 0 Å². The lowest BCUT2D eigenvalue weighted by molar-refractivity contribution is 0.147. The molecule has 1 heteroatoms. The number of hydrogen-bond acceptors (Lipinski definition) is 1. The molecule has 0 atom stereocenters. The van der Waals surface area contributed by atoms with Crippen molar-refractivity contribution >= 4 is 0 Å². The fourth-order valence-corrected chi connectivity index (χ4v) is 5.05. The van der Waals surface area contributed by atoms with Gasteiger partial charge in [0.1, 0.15) is 0 Å². The molecule has 0 aliphatic rings. The van der Waals surface area contributed by atoms with Crippen molar-refractivity contribution in [3.05, 3.63) is 24.3 Å². The van der Waals surface area contributed by atoms with Crippen LogP contribution in [0, 0.1) is 0 Å². The Morgan fingerprint density at radius 3 is 0.917 bits per heavy atom.